The molecule has 1 aromatic heterocycles. The van der Waals surface area contributed by atoms with Gasteiger partial charge in [0.1, 0.15) is 10.7 Å². The van der Waals surface area contributed by atoms with Crippen molar-refractivity contribution in [3.8, 4) is 0 Å². The van der Waals surface area contributed by atoms with E-state index in [0.717, 1.165) is 6.42 Å². The van der Waals surface area contributed by atoms with Crippen LogP contribution in [0.15, 0.2) is 17.3 Å². The molecular weight excluding hydrogens is 224 g/mol. The van der Waals surface area contributed by atoms with Crippen molar-refractivity contribution in [1.82, 2.24) is 9.97 Å². The molecule has 0 radical (unpaired) electrons. The smallest absolute Gasteiger partial charge is 0.240 e. The first-order valence-corrected chi connectivity index (χ1v) is 6.46. The van der Waals surface area contributed by atoms with Gasteiger partial charge in [0.25, 0.3) is 9.05 Å². The molecule has 0 aliphatic carbocycles. The number of hydrogen-bond donors (Lipinski definition) is 0. The van der Waals surface area contributed by atoms with E-state index < -0.39 is 9.05 Å². The van der Waals surface area contributed by atoms with Gasteiger partial charge in [-0.3, -0.25) is 0 Å². The molecule has 0 spiro atoms. The standard InChI is InChI=1S/C8H11ClN2O2S/c1-6(2)3-8-10-4-7(5-11-8)14(9,12)13/h4-6H,3H2,1-2H3. The van der Waals surface area contributed by atoms with Gasteiger partial charge in [-0.2, -0.15) is 0 Å². The highest BCUT2D eigenvalue weighted by Crippen LogP contribution is 2.12. The van der Waals surface area contributed by atoms with Crippen molar-refractivity contribution in [2.45, 2.75) is 25.2 Å². The Labute approximate surface area is 87.8 Å². The molecule has 0 N–H and O–H groups in total. The number of halogens is 1. The lowest BCUT2D eigenvalue weighted by Gasteiger charge is -2.02. The van der Waals surface area contributed by atoms with E-state index in [1.807, 2.05) is 13.8 Å². The van der Waals surface area contributed by atoms with Crippen LogP contribution in [0.2, 0.25) is 0 Å². The Hall–Kier alpha value is -0.680. The summed E-state index contributed by atoms with van der Waals surface area (Å²) < 4.78 is 21.7. The fraction of sp³-hybridized carbons (Fsp3) is 0.500. The summed E-state index contributed by atoms with van der Waals surface area (Å²) >= 11 is 0. The fourth-order valence-electron chi connectivity index (χ4n) is 0.939. The van der Waals surface area contributed by atoms with Gasteiger partial charge in [0.05, 0.1) is 12.4 Å². The predicted octanol–water partition coefficient (Wildman–Crippen LogP) is 1.60. The number of aromatic nitrogens is 2. The summed E-state index contributed by atoms with van der Waals surface area (Å²) in [6, 6.07) is 0. The highest BCUT2D eigenvalue weighted by atomic mass is 35.7. The molecule has 0 saturated carbocycles. The van der Waals surface area contributed by atoms with Gasteiger partial charge >= 0.3 is 0 Å². The molecule has 0 bridgehead atoms. The zero-order valence-electron chi connectivity index (χ0n) is 7.94. The second-order valence-electron chi connectivity index (χ2n) is 3.37. The van der Waals surface area contributed by atoms with Crippen LogP contribution in [0, 0.1) is 5.92 Å². The monoisotopic (exact) mass is 234 g/mol. The molecule has 0 fully saturated rings. The summed E-state index contributed by atoms with van der Waals surface area (Å²) in [6.45, 7) is 4.07. The van der Waals surface area contributed by atoms with Crippen molar-refractivity contribution in [2.24, 2.45) is 5.92 Å². The molecule has 0 aliphatic heterocycles. The third kappa shape index (κ3) is 3.23. The Kier molecular flexibility index (Phi) is 3.44. The first kappa shape index (κ1) is 11.4. The summed E-state index contributed by atoms with van der Waals surface area (Å²) in [7, 11) is 1.41. The zero-order chi connectivity index (χ0) is 10.8. The van der Waals surface area contributed by atoms with Crippen LogP contribution in [0.5, 0.6) is 0 Å². The molecule has 0 unspecified atom stereocenters. The molecular formula is C8H11ClN2O2S. The van der Waals surface area contributed by atoms with E-state index in [9.17, 15) is 8.42 Å². The summed E-state index contributed by atoms with van der Waals surface area (Å²) in [5.74, 6) is 1.07. The van der Waals surface area contributed by atoms with E-state index in [0.29, 0.717) is 11.7 Å². The number of rotatable bonds is 3. The van der Waals surface area contributed by atoms with Gasteiger partial charge in [-0.05, 0) is 5.92 Å². The summed E-state index contributed by atoms with van der Waals surface area (Å²) in [6.07, 6.45) is 3.18. The van der Waals surface area contributed by atoms with E-state index in [4.69, 9.17) is 10.7 Å². The minimum absolute atomic E-state index is 0.0633. The second-order valence-corrected chi connectivity index (χ2v) is 5.94. The summed E-state index contributed by atoms with van der Waals surface area (Å²) in [4.78, 5) is 7.76. The average molecular weight is 235 g/mol. The number of hydrogen-bond acceptors (Lipinski definition) is 4. The molecule has 0 aliphatic rings. The van der Waals surface area contributed by atoms with Gasteiger partial charge in [0, 0.05) is 17.1 Å². The van der Waals surface area contributed by atoms with Crippen molar-refractivity contribution in [1.29, 1.82) is 0 Å². The molecule has 1 rings (SSSR count). The highest BCUT2D eigenvalue weighted by molar-refractivity contribution is 8.13. The van der Waals surface area contributed by atoms with Crippen molar-refractivity contribution in [3.05, 3.63) is 18.2 Å². The Morgan fingerprint density at radius 2 is 1.86 bits per heavy atom. The molecule has 0 aromatic carbocycles. The normalized spacial score (nSPS) is 12.0. The van der Waals surface area contributed by atoms with Crippen LogP contribution in [0.4, 0.5) is 0 Å². The van der Waals surface area contributed by atoms with Crippen LogP contribution >= 0.6 is 10.7 Å². The summed E-state index contributed by atoms with van der Waals surface area (Å²) in [5, 5.41) is 0. The van der Waals surface area contributed by atoms with Gasteiger partial charge in [-0.25, -0.2) is 18.4 Å². The maximum atomic E-state index is 10.9. The van der Waals surface area contributed by atoms with E-state index in [-0.39, 0.29) is 4.90 Å². The Morgan fingerprint density at radius 1 is 1.36 bits per heavy atom. The molecule has 1 aromatic rings. The molecule has 6 heteroatoms. The molecule has 14 heavy (non-hydrogen) atoms. The van der Waals surface area contributed by atoms with Crippen molar-refractivity contribution in [3.63, 3.8) is 0 Å². The SMILES string of the molecule is CC(C)Cc1ncc(S(=O)(=O)Cl)cn1. The van der Waals surface area contributed by atoms with E-state index >= 15 is 0 Å². The van der Waals surface area contributed by atoms with Gasteiger partial charge in [-0.15, -0.1) is 0 Å². The maximum absolute atomic E-state index is 10.9. The predicted molar refractivity (Wildman–Crippen MR) is 53.6 cm³/mol. The minimum atomic E-state index is -3.70. The Balaban J connectivity index is 2.90. The quantitative estimate of drug-likeness (QED) is 0.746. The molecule has 0 amide bonds. The summed E-state index contributed by atoms with van der Waals surface area (Å²) in [5.41, 5.74) is 0. The second kappa shape index (κ2) is 4.23. The van der Waals surface area contributed by atoms with Crippen LogP contribution in [0.1, 0.15) is 19.7 Å². The van der Waals surface area contributed by atoms with Crippen LogP contribution in [0.25, 0.3) is 0 Å². The van der Waals surface area contributed by atoms with E-state index in [1.54, 1.807) is 0 Å². The van der Waals surface area contributed by atoms with Crippen LogP contribution in [-0.2, 0) is 15.5 Å². The molecule has 0 atom stereocenters. The molecule has 0 saturated heterocycles. The molecule has 1 heterocycles. The zero-order valence-corrected chi connectivity index (χ0v) is 9.51. The van der Waals surface area contributed by atoms with Crippen molar-refractivity contribution < 1.29 is 8.42 Å². The van der Waals surface area contributed by atoms with Crippen LogP contribution < -0.4 is 0 Å². The van der Waals surface area contributed by atoms with Gasteiger partial charge in [0.2, 0.25) is 0 Å². The molecule has 78 valence electrons. The highest BCUT2D eigenvalue weighted by Gasteiger charge is 2.11. The topological polar surface area (TPSA) is 59.9 Å². The fourth-order valence-corrected chi connectivity index (χ4v) is 1.54. The van der Waals surface area contributed by atoms with Crippen LogP contribution in [-0.4, -0.2) is 18.4 Å². The van der Waals surface area contributed by atoms with E-state index in [2.05, 4.69) is 9.97 Å². The average Bonchev–Trinajstić information content (AvgIpc) is 2.02. The largest absolute Gasteiger partial charge is 0.264 e. The lowest BCUT2D eigenvalue weighted by Crippen LogP contribution is -2.02. The van der Waals surface area contributed by atoms with Crippen molar-refractivity contribution >= 4 is 19.7 Å². The van der Waals surface area contributed by atoms with E-state index in [1.165, 1.54) is 12.4 Å². The van der Waals surface area contributed by atoms with Crippen LogP contribution in [0.3, 0.4) is 0 Å². The van der Waals surface area contributed by atoms with Gasteiger partial charge in [0.15, 0.2) is 0 Å². The third-order valence-electron chi connectivity index (χ3n) is 1.55. The minimum Gasteiger partial charge on any atom is -0.240 e. The lowest BCUT2D eigenvalue weighted by atomic mass is 10.1. The maximum Gasteiger partial charge on any atom is 0.264 e. The lowest BCUT2D eigenvalue weighted by molar-refractivity contribution is 0.604. The first-order valence-electron chi connectivity index (χ1n) is 4.15. The van der Waals surface area contributed by atoms with Crippen molar-refractivity contribution in [2.75, 3.05) is 0 Å². The number of nitrogens with zero attached hydrogens (tertiary/aromatic N) is 2. The van der Waals surface area contributed by atoms with Gasteiger partial charge < -0.3 is 0 Å². The molecule has 4 nitrogen and oxygen atoms in total. The Morgan fingerprint density at radius 3 is 2.21 bits per heavy atom. The third-order valence-corrected chi connectivity index (χ3v) is 2.86. The first-order chi connectivity index (χ1) is 6.39. The Bertz CT molecular complexity index is 400. The van der Waals surface area contributed by atoms with Gasteiger partial charge in [-0.1, -0.05) is 13.8 Å².